The highest BCUT2D eigenvalue weighted by molar-refractivity contribution is 5.89. The van der Waals surface area contributed by atoms with Crippen molar-refractivity contribution in [2.24, 2.45) is 7.05 Å². The zero-order valence-electron chi connectivity index (χ0n) is 6.98. The zero-order chi connectivity index (χ0) is 9.14. The Balaban J connectivity index is 2.91. The molecule has 64 valence electrons. The van der Waals surface area contributed by atoms with Crippen molar-refractivity contribution in [3.63, 3.8) is 0 Å². The summed E-state index contributed by atoms with van der Waals surface area (Å²) in [4.78, 5) is 10.3. The second kappa shape index (κ2) is 3.21. The SMILES string of the molecule is CC(=CC(=O)O)c1cnn(C)c1. The minimum atomic E-state index is -0.934. The third kappa shape index (κ3) is 1.95. The first-order valence-corrected chi connectivity index (χ1v) is 3.50. The maximum Gasteiger partial charge on any atom is 0.328 e. The van der Waals surface area contributed by atoms with Crippen molar-refractivity contribution >= 4 is 11.5 Å². The summed E-state index contributed by atoms with van der Waals surface area (Å²) in [6, 6.07) is 0. The first-order valence-electron chi connectivity index (χ1n) is 3.50. The largest absolute Gasteiger partial charge is 0.478 e. The van der Waals surface area contributed by atoms with Crippen LogP contribution in [0, 0.1) is 0 Å². The number of aromatic nitrogens is 2. The molecule has 0 aliphatic heterocycles. The predicted molar refractivity (Wildman–Crippen MR) is 44.5 cm³/mol. The van der Waals surface area contributed by atoms with Crippen LogP contribution in [-0.2, 0) is 11.8 Å². The fraction of sp³-hybridized carbons (Fsp3) is 0.250. The van der Waals surface area contributed by atoms with Crippen molar-refractivity contribution in [1.82, 2.24) is 9.78 Å². The Kier molecular flexibility index (Phi) is 2.28. The van der Waals surface area contributed by atoms with Crippen LogP contribution in [0.3, 0.4) is 0 Å². The van der Waals surface area contributed by atoms with E-state index in [-0.39, 0.29) is 0 Å². The van der Waals surface area contributed by atoms with E-state index in [1.807, 2.05) is 0 Å². The van der Waals surface area contributed by atoms with Gasteiger partial charge in [-0.25, -0.2) is 4.79 Å². The van der Waals surface area contributed by atoms with Crippen LogP contribution in [0.4, 0.5) is 0 Å². The number of carboxylic acids is 1. The van der Waals surface area contributed by atoms with Gasteiger partial charge in [0.1, 0.15) is 0 Å². The summed E-state index contributed by atoms with van der Waals surface area (Å²) < 4.78 is 1.63. The van der Waals surface area contributed by atoms with Gasteiger partial charge in [0, 0.05) is 24.9 Å². The lowest BCUT2D eigenvalue weighted by atomic mass is 10.1. The molecule has 1 N–H and O–H groups in total. The smallest absolute Gasteiger partial charge is 0.328 e. The maximum atomic E-state index is 10.3. The van der Waals surface area contributed by atoms with Crippen LogP contribution in [0.1, 0.15) is 12.5 Å². The van der Waals surface area contributed by atoms with Crippen LogP contribution in [0.5, 0.6) is 0 Å². The molecular weight excluding hydrogens is 156 g/mol. The summed E-state index contributed by atoms with van der Waals surface area (Å²) in [5, 5.41) is 12.4. The van der Waals surface area contributed by atoms with E-state index < -0.39 is 5.97 Å². The normalized spacial score (nSPS) is 11.7. The molecule has 0 fully saturated rings. The van der Waals surface area contributed by atoms with Crippen LogP contribution in [0.2, 0.25) is 0 Å². The maximum absolute atomic E-state index is 10.3. The molecule has 0 atom stereocenters. The number of aryl methyl sites for hydroxylation is 1. The average molecular weight is 166 g/mol. The molecular formula is C8H10N2O2. The van der Waals surface area contributed by atoms with Gasteiger partial charge in [-0.3, -0.25) is 4.68 Å². The summed E-state index contributed by atoms with van der Waals surface area (Å²) in [6.07, 6.45) is 4.57. The molecule has 1 rings (SSSR count). The highest BCUT2D eigenvalue weighted by atomic mass is 16.4. The lowest BCUT2D eigenvalue weighted by Crippen LogP contribution is -1.89. The Bertz CT molecular complexity index is 326. The summed E-state index contributed by atoms with van der Waals surface area (Å²) in [5.41, 5.74) is 1.54. The van der Waals surface area contributed by atoms with Gasteiger partial charge in [0.15, 0.2) is 0 Å². The highest BCUT2D eigenvalue weighted by Crippen LogP contribution is 2.10. The van der Waals surface area contributed by atoms with Crippen LogP contribution < -0.4 is 0 Å². The lowest BCUT2D eigenvalue weighted by Gasteiger charge is -1.91. The van der Waals surface area contributed by atoms with Crippen molar-refractivity contribution in [2.45, 2.75) is 6.92 Å². The first kappa shape index (κ1) is 8.52. The number of hydrogen-bond acceptors (Lipinski definition) is 2. The van der Waals surface area contributed by atoms with E-state index in [0.717, 1.165) is 11.6 Å². The lowest BCUT2D eigenvalue weighted by molar-refractivity contribution is -0.131. The van der Waals surface area contributed by atoms with Gasteiger partial charge < -0.3 is 5.11 Å². The van der Waals surface area contributed by atoms with E-state index in [9.17, 15) is 4.79 Å². The van der Waals surface area contributed by atoms with Crippen molar-refractivity contribution < 1.29 is 9.90 Å². The van der Waals surface area contributed by atoms with Gasteiger partial charge in [-0.15, -0.1) is 0 Å². The van der Waals surface area contributed by atoms with E-state index in [2.05, 4.69) is 5.10 Å². The Morgan fingerprint density at radius 1 is 1.75 bits per heavy atom. The molecule has 0 saturated carbocycles. The van der Waals surface area contributed by atoms with Gasteiger partial charge in [-0.05, 0) is 12.5 Å². The van der Waals surface area contributed by atoms with Gasteiger partial charge in [0.2, 0.25) is 0 Å². The van der Waals surface area contributed by atoms with Gasteiger partial charge in [0.25, 0.3) is 0 Å². The Hall–Kier alpha value is -1.58. The standard InChI is InChI=1S/C8H10N2O2/c1-6(3-8(11)12)7-4-9-10(2)5-7/h3-5H,1-2H3,(H,11,12). The number of hydrogen-bond donors (Lipinski definition) is 1. The Morgan fingerprint density at radius 2 is 2.42 bits per heavy atom. The Morgan fingerprint density at radius 3 is 2.83 bits per heavy atom. The predicted octanol–water partition coefficient (Wildman–Crippen LogP) is 0.908. The zero-order valence-corrected chi connectivity index (χ0v) is 6.98. The number of carbonyl (C=O) groups is 1. The highest BCUT2D eigenvalue weighted by Gasteiger charge is 1.99. The second-order valence-corrected chi connectivity index (χ2v) is 2.57. The number of carboxylic acid groups (broad SMARTS) is 1. The van der Waals surface area contributed by atoms with Crippen molar-refractivity contribution in [2.75, 3.05) is 0 Å². The third-order valence-corrected chi connectivity index (χ3v) is 1.50. The molecule has 0 aliphatic rings. The molecule has 1 aromatic heterocycles. The molecule has 0 aromatic carbocycles. The summed E-state index contributed by atoms with van der Waals surface area (Å²) in [6.45, 7) is 1.74. The molecule has 0 radical (unpaired) electrons. The number of rotatable bonds is 2. The van der Waals surface area contributed by atoms with Crippen LogP contribution in [0.25, 0.3) is 5.57 Å². The quantitative estimate of drug-likeness (QED) is 0.664. The topological polar surface area (TPSA) is 55.1 Å². The minimum Gasteiger partial charge on any atom is -0.478 e. The van der Waals surface area contributed by atoms with E-state index >= 15 is 0 Å². The number of allylic oxidation sites excluding steroid dienone is 1. The molecule has 0 aliphatic carbocycles. The van der Waals surface area contributed by atoms with E-state index in [0.29, 0.717) is 5.57 Å². The molecule has 4 heteroatoms. The summed E-state index contributed by atoms with van der Waals surface area (Å²) in [5.74, 6) is -0.934. The molecule has 0 bridgehead atoms. The molecule has 0 amide bonds. The second-order valence-electron chi connectivity index (χ2n) is 2.57. The molecule has 1 heterocycles. The summed E-state index contributed by atoms with van der Waals surface area (Å²) >= 11 is 0. The van der Waals surface area contributed by atoms with Crippen molar-refractivity contribution in [3.05, 3.63) is 24.0 Å². The molecule has 0 unspecified atom stereocenters. The van der Waals surface area contributed by atoms with Gasteiger partial charge >= 0.3 is 5.97 Å². The van der Waals surface area contributed by atoms with Crippen molar-refractivity contribution in [3.8, 4) is 0 Å². The summed E-state index contributed by atoms with van der Waals surface area (Å²) in [7, 11) is 1.79. The number of nitrogens with zero attached hydrogens (tertiary/aromatic N) is 2. The fourth-order valence-electron chi connectivity index (χ4n) is 0.893. The number of aliphatic carboxylic acids is 1. The van der Waals surface area contributed by atoms with Gasteiger partial charge in [-0.1, -0.05) is 0 Å². The molecule has 0 spiro atoms. The molecule has 4 nitrogen and oxygen atoms in total. The van der Waals surface area contributed by atoms with Crippen molar-refractivity contribution in [1.29, 1.82) is 0 Å². The third-order valence-electron chi connectivity index (χ3n) is 1.50. The minimum absolute atomic E-state index is 0.704. The molecule has 12 heavy (non-hydrogen) atoms. The van der Waals surface area contributed by atoms with Crippen LogP contribution in [-0.4, -0.2) is 20.9 Å². The monoisotopic (exact) mass is 166 g/mol. The Labute approximate surface area is 70.1 Å². The van der Waals surface area contributed by atoms with E-state index in [1.54, 1.807) is 31.0 Å². The van der Waals surface area contributed by atoms with E-state index in [1.165, 1.54) is 0 Å². The molecule has 0 saturated heterocycles. The van der Waals surface area contributed by atoms with Crippen LogP contribution >= 0.6 is 0 Å². The molecule has 1 aromatic rings. The van der Waals surface area contributed by atoms with Gasteiger partial charge in [-0.2, -0.15) is 5.10 Å². The average Bonchev–Trinajstić information content (AvgIpc) is 2.34. The van der Waals surface area contributed by atoms with Crippen LogP contribution in [0.15, 0.2) is 18.5 Å². The fourth-order valence-corrected chi connectivity index (χ4v) is 0.893. The van der Waals surface area contributed by atoms with E-state index in [4.69, 9.17) is 5.11 Å². The van der Waals surface area contributed by atoms with Gasteiger partial charge in [0.05, 0.1) is 6.20 Å². The first-order chi connectivity index (χ1) is 5.59.